The second-order valence-corrected chi connectivity index (χ2v) is 14.2. The van der Waals surface area contributed by atoms with Gasteiger partial charge >= 0.3 is 49.4 Å². The summed E-state index contributed by atoms with van der Waals surface area (Å²) < 4.78 is 342. The largest absolute Gasteiger partial charge is 0.416 e. The van der Waals surface area contributed by atoms with Gasteiger partial charge in [-0.1, -0.05) is 55.5 Å². The smallest absolute Gasteiger partial charge is 0.271 e. The predicted octanol–water partition coefficient (Wildman–Crippen LogP) is 11.4. The van der Waals surface area contributed by atoms with E-state index in [1.54, 1.807) is 29.5 Å². The molecule has 0 saturated heterocycles. The summed E-state index contributed by atoms with van der Waals surface area (Å²) in [4.78, 5) is 9.08. The number of alkyl halides is 24. The quantitative estimate of drug-likeness (QED) is 0.0923. The molecular weight excluding hydrogens is 979 g/mol. The number of hydrogen-bond donors (Lipinski definition) is 0. The van der Waals surface area contributed by atoms with Crippen molar-refractivity contribution in [3.63, 3.8) is 0 Å². The molecule has 0 atom stereocenters. The van der Waals surface area contributed by atoms with Crippen LogP contribution in [0, 0.1) is 0 Å². The molecular formula is C39H23BF24N2O. The number of nitrogens with zero attached hydrogens (tertiary/aromatic N) is 2. The van der Waals surface area contributed by atoms with Crippen molar-refractivity contribution < 1.29 is 115 Å². The van der Waals surface area contributed by atoms with Gasteiger partial charge in [0.25, 0.3) is 0 Å². The Morgan fingerprint density at radius 1 is 0.358 bits per heavy atom. The van der Waals surface area contributed by atoms with Crippen LogP contribution in [0.3, 0.4) is 0 Å². The van der Waals surface area contributed by atoms with Crippen LogP contribution < -0.4 is 31.4 Å². The summed E-state index contributed by atoms with van der Waals surface area (Å²) in [6, 6.07) is -8.81. The zero-order chi connectivity index (χ0) is 51.1. The molecule has 3 nitrogen and oxygen atoms in total. The molecule has 0 saturated carbocycles. The molecule has 0 fully saturated rings. The van der Waals surface area contributed by atoms with Crippen molar-refractivity contribution in [2.24, 2.45) is 0 Å². The Balaban J connectivity index is 0.000000865. The van der Waals surface area contributed by atoms with Gasteiger partial charge in [0.05, 0.1) is 56.9 Å². The lowest BCUT2D eigenvalue weighted by Crippen LogP contribution is -2.75. The molecule has 0 aliphatic rings. The zero-order valence-corrected chi connectivity index (χ0v) is 32.6. The van der Waals surface area contributed by atoms with Crippen LogP contribution in [0.4, 0.5) is 105 Å². The van der Waals surface area contributed by atoms with E-state index in [1.165, 1.54) is 0 Å². The fourth-order valence-electron chi connectivity index (χ4n) is 6.66. The Morgan fingerprint density at radius 2 is 0.552 bits per heavy atom. The zero-order valence-electron chi connectivity index (χ0n) is 32.6. The Kier molecular flexibility index (Phi) is 14.7. The normalized spacial score (nSPS) is 13.6. The van der Waals surface area contributed by atoms with E-state index >= 15 is 0 Å². The maximum Gasteiger partial charge on any atom is 0.416 e. The van der Waals surface area contributed by atoms with Crippen molar-refractivity contribution >= 4 is 28.0 Å². The maximum atomic E-state index is 14.2. The monoisotopic (exact) mass is 1000 g/mol. The SMILES string of the molecule is CCCO[n+]1ccncc1.FC(F)(F)c1cc([B-](c2cc(C(F)(F)F)cc(C(F)(F)F)c2)(c2cc(C(F)(F)F)cc(C(F)(F)F)c2)c2cc(C(F)(F)F)cc(C(F)(F)F)c2)cc(C(F)(F)F)c1. The summed E-state index contributed by atoms with van der Waals surface area (Å²) in [5, 5.41) is 0. The number of hydrogen-bond acceptors (Lipinski definition) is 2. The highest BCUT2D eigenvalue weighted by atomic mass is 19.4. The van der Waals surface area contributed by atoms with E-state index in [2.05, 4.69) is 11.9 Å². The first-order valence-electron chi connectivity index (χ1n) is 18.0. The minimum absolute atomic E-state index is 0.691. The van der Waals surface area contributed by atoms with E-state index in [4.69, 9.17) is 4.84 Å². The molecule has 366 valence electrons. The molecule has 4 aromatic carbocycles. The third-order valence-electron chi connectivity index (χ3n) is 9.48. The van der Waals surface area contributed by atoms with Gasteiger partial charge < -0.3 is 0 Å². The molecule has 0 aliphatic heterocycles. The molecule has 0 aliphatic carbocycles. The van der Waals surface area contributed by atoms with Crippen LogP contribution >= 0.6 is 0 Å². The minimum Gasteiger partial charge on any atom is -0.271 e. The second-order valence-electron chi connectivity index (χ2n) is 14.2. The van der Waals surface area contributed by atoms with Gasteiger partial charge in [-0.25, -0.2) is 0 Å². The molecule has 1 aromatic heterocycles. The van der Waals surface area contributed by atoms with Crippen molar-refractivity contribution in [2.75, 3.05) is 6.61 Å². The molecule has 67 heavy (non-hydrogen) atoms. The summed E-state index contributed by atoms with van der Waals surface area (Å²) in [5.41, 5.74) is -30.2. The van der Waals surface area contributed by atoms with Crippen LogP contribution in [0.25, 0.3) is 0 Å². The lowest BCUT2D eigenvalue weighted by Gasteiger charge is -2.46. The fraction of sp³-hybridized carbons (Fsp3) is 0.282. The summed E-state index contributed by atoms with van der Waals surface area (Å²) in [6.45, 7) is 2.82. The van der Waals surface area contributed by atoms with Crippen LogP contribution in [0.15, 0.2) is 97.6 Å². The molecule has 0 radical (unpaired) electrons. The highest BCUT2D eigenvalue weighted by Crippen LogP contribution is 2.41. The predicted molar refractivity (Wildman–Crippen MR) is 186 cm³/mol. The van der Waals surface area contributed by atoms with E-state index in [-0.39, 0.29) is 0 Å². The van der Waals surface area contributed by atoms with Crippen LogP contribution in [0.1, 0.15) is 57.9 Å². The van der Waals surface area contributed by atoms with Crippen LogP contribution in [0.2, 0.25) is 0 Å². The Hall–Kier alpha value is -5.86. The van der Waals surface area contributed by atoms with Crippen molar-refractivity contribution in [3.8, 4) is 0 Å². The molecule has 0 spiro atoms. The average Bonchev–Trinajstić information content (AvgIpc) is 3.18. The maximum absolute atomic E-state index is 14.2. The highest BCUT2D eigenvalue weighted by molar-refractivity contribution is 7.20. The summed E-state index contributed by atoms with van der Waals surface area (Å²) in [6.07, 6.45) is -46.9. The van der Waals surface area contributed by atoms with Crippen molar-refractivity contribution in [1.29, 1.82) is 0 Å². The lowest BCUT2D eigenvalue weighted by molar-refractivity contribution is -0.891. The third-order valence-corrected chi connectivity index (χ3v) is 9.48. The number of halogens is 24. The van der Waals surface area contributed by atoms with Gasteiger partial charge in [-0.2, -0.15) is 127 Å². The summed E-state index contributed by atoms with van der Waals surface area (Å²) in [7, 11) is 0. The molecule has 0 bridgehead atoms. The van der Waals surface area contributed by atoms with E-state index < -0.39 is 195 Å². The third kappa shape index (κ3) is 12.8. The van der Waals surface area contributed by atoms with Gasteiger partial charge in [0.2, 0.25) is 12.4 Å². The summed E-state index contributed by atoms with van der Waals surface area (Å²) >= 11 is 0. The Labute approximate surface area is 359 Å². The first-order chi connectivity index (χ1) is 30.2. The van der Waals surface area contributed by atoms with Crippen molar-refractivity contribution in [3.05, 3.63) is 142 Å². The van der Waals surface area contributed by atoms with Crippen LogP contribution in [-0.4, -0.2) is 17.7 Å². The fourth-order valence-corrected chi connectivity index (χ4v) is 6.66. The molecule has 1 heterocycles. The van der Waals surface area contributed by atoms with E-state index in [0.717, 1.165) is 13.0 Å². The number of aromatic nitrogens is 2. The standard InChI is InChI=1S/C32H12BF24.C7H11N2O/c34-25(35,36)13-1-14(26(37,38)39)6-21(5-13)33(22-7-15(27(40,41)42)2-16(8-22)28(43,44)45,23-9-17(29(46,47)48)3-18(10-23)30(49,50)51)24-11-19(31(52,53)54)4-20(12-24)32(55,56)57;1-2-7-10-9-5-3-8-4-6-9/h1-12H;3-6H,2,7H2,1H3/q-1;+1. The van der Waals surface area contributed by atoms with Gasteiger partial charge in [-0.3, -0.25) is 9.82 Å². The van der Waals surface area contributed by atoms with Crippen LogP contribution in [-0.2, 0) is 49.4 Å². The topological polar surface area (TPSA) is 26.0 Å². The molecule has 5 aromatic rings. The van der Waals surface area contributed by atoms with E-state index in [0.29, 0.717) is 0 Å². The van der Waals surface area contributed by atoms with Crippen LogP contribution in [0.5, 0.6) is 0 Å². The molecule has 28 heteroatoms. The van der Waals surface area contributed by atoms with Gasteiger partial charge in [0, 0.05) is 4.73 Å². The number of rotatable bonds is 7. The average molecular weight is 1000 g/mol. The Bertz CT molecular complexity index is 2080. The molecule has 0 unspecified atom stereocenters. The number of benzene rings is 4. The Morgan fingerprint density at radius 3 is 0.716 bits per heavy atom. The van der Waals surface area contributed by atoms with Gasteiger partial charge in [-0.15, -0.1) is 0 Å². The van der Waals surface area contributed by atoms with Gasteiger partial charge in [0.1, 0.15) is 6.15 Å². The van der Waals surface area contributed by atoms with Gasteiger partial charge in [0.15, 0.2) is 6.61 Å². The molecule has 5 rings (SSSR count). The summed E-state index contributed by atoms with van der Waals surface area (Å²) in [5.74, 6) is 0. The van der Waals surface area contributed by atoms with Gasteiger partial charge in [-0.05, 0) is 30.7 Å². The van der Waals surface area contributed by atoms with E-state index in [1.807, 2.05) is 0 Å². The lowest BCUT2D eigenvalue weighted by atomic mass is 9.12. The highest BCUT2D eigenvalue weighted by Gasteiger charge is 2.47. The first-order valence-corrected chi connectivity index (χ1v) is 18.0. The minimum atomic E-state index is -6.13. The van der Waals surface area contributed by atoms with E-state index in [9.17, 15) is 105 Å². The molecule has 0 N–H and O–H groups in total. The van der Waals surface area contributed by atoms with Crippen molar-refractivity contribution in [1.82, 2.24) is 4.98 Å². The van der Waals surface area contributed by atoms with Crippen molar-refractivity contribution in [2.45, 2.75) is 62.8 Å². The molecule has 0 amide bonds. The first kappa shape index (κ1) is 53.8. The second kappa shape index (κ2) is 18.3.